The molecule has 2 nitrogen and oxygen atoms in total. The minimum atomic E-state index is -0.140. The highest BCUT2D eigenvalue weighted by atomic mass is 32.1. The minimum absolute atomic E-state index is 0.140. The van der Waals surface area contributed by atoms with Gasteiger partial charge in [-0.1, -0.05) is 6.92 Å². The highest BCUT2D eigenvalue weighted by molar-refractivity contribution is 7.81. The van der Waals surface area contributed by atoms with Crippen LogP contribution >= 0.6 is 12.6 Å². The summed E-state index contributed by atoms with van der Waals surface area (Å²) in [4.78, 5) is 0. The largest absolute Gasteiger partial charge is 0.352 e. The second-order valence-electron chi connectivity index (χ2n) is 2.25. The van der Waals surface area contributed by atoms with E-state index < -0.39 is 0 Å². The zero-order valence-corrected chi connectivity index (χ0v) is 8.43. The van der Waals surface area contributed by atoms with E-state index in [1.807, 2.05) is 13.8 Å². The Morgan fingerprint density at radius 3 is 1.82 bits per heavy atom. The molecule has 0 bridgehead atoms. The molecular formula is C8H18O2S. The van der Waals surface area contributed by atoms with Crippen molar-refractivity contribution in [2.45, 2.75) is 38.7 Å². The molecule has 0 rings (SSSR count). The number of thiol groups is 1. The molecule has 0 spiro atoms. The lowest BCUT2D eigenvalue weighted by Gasteiger charge is -2.21. The molecule has 0 heterocycles. The molecule has 0 aromatic heterocycles. The Morgan fingerprint density at radius 1 is 1.09 bits per heavy atom. The lowest BCUT2D eigenvalue weighted by atomic mass is 10.3. The van der Waals surface area contributed by atoms with Crippen LogP contribution in [0.15, 0.2) is 0 Å². The van der Waals surface area contributed by atoms with Crippen molar-refractivity contribution in [3.63, 3.8) is 0 Å². The maximum atomic E-state index is 5.34. The van der Waals surface area contributed by atoms with Crippen molar-refractivity contribution in [3.05, 3.63) is 0 Å². The SMILES string of the molecule is CCOC(OCC)C(S)CC. The topological polar surface area (TPSA) is 18.5 Å². The third kappa shape index (κ3) is 4.67. The first-order valence-corrected chi connectivity index (χ1v) is 4.69. The molecule has 0 saturated carbocycles. The average molecular weight is 178 g/mol. The molecule has 0 fully saturated rings. The third-order valence-electron chi connectivity index (χ3n) is 1.39. The van der Waals surface area contributed by atoms with Gasteiger partial charge in [-0.3, -0.25) is 0 Å². The Morgan fingerprint density at radius 2 is 1.55 bits per heavy atom. The summed E-state index contributed by atoms with van der Waals surface area (Å²) in [5.74, 6) is 0. The van der Waals surface area contributed by atoms with Gasteiger partial charge in [-0.15, -0.1) is 0 Å². The number of hydrogen-bond donors (Lipinski definition) is 1. The molecule has 0 aliphatic carbocycles. The van der Waals surface area contributed by atoms with E-state index >= 15 is 0 Å². The molecule has 11 heavy (non-hydrogen) atoms. The van der Waals surface area contributed by atoms with Gasteiger partial charge in [0.15, 0.2) is 6.29 Å². The smallest absolute Gasteiger partial charge is 0.168 e. The van der Waals surface area contributed by atoms with Crippen LogP contribution in [-0.4, -0.2) is 24.8 Å². The van der Waals surface area contributed by atoms with Crippen LogP contribution in [0.2, 0.25) is 0 Å². The molecule has 0 aliphatic heterocycles. The number of rotatable bonds is 6. The van der Waals surface area contributed by atoms with Crippen LogP contribution in [0.5, 0.6) is 0 Å². The minimum Gasteiger partial charge on any atom is -0.352 e. The monoisotopic (exact) mass is 178 g/mol. The van der Waals surface area contributed by atoms with Gasteiger partial charge >= 0.3 is 0 Å². The summed E-state index contributed by atoms with van der Waals surface area (Å²) in [5.41, 5.74) is 0. The van der Waals surface area contributed by atoms with Gasteiger partial charge in [0.25, 0.3) is 0 Å². The van der Waals surface area contributed by atoms with Crippen LogP contribution < -0.4 is 0 Å². The summed E-state index contributed by atoms with van der Waals surface area (Å²) in [7, 11) is 0. The van der Waals surface area contributed by atoms with Crippen molar-refractivity contribution >= 4 is 12.6 Å². The summed E-state index contributed by atoms with van der Waals surface area (Å²) in [5, 5.41) is 0.190. The van der Waals surface area contributed by atoms with E-state index in [9.17, 15) is 0 Å². The van der Waals surface area contributed by atoms with Crippen molar-refractivity contribution < 1.29 is 9.47 Å². The molecular weight excluding hydrogens is 160 g/mol. The second-order valence-corrected chi connectivity index (χ2v) is 2.92. The Kier molecular flexibility index (Phi) is 7.12. The molecule has 1 unspecified atom stereocenters. The van der Waals surface area contributed by atoms with Crippen molar-refractivity contribution in [3.8, 4) is 0 Å². The van der Waals surface area contributed by atoms with Gasteiger partial charge in [0, 0.05) is 13.2 Å². The molecule has 68 valence electrons. The third-order valence-corrected chi connectivity index (χ3v) is 2.00. The van der Waals surface area contributed by atoms with E-state index in [-0.39, 0.29) is 11.5 Å². The van der Waals surface area contributed by atoms with Crippen molar-refractivity contribution in [2.24, 2.45) is 0 Å². The standard InChI is InChI=1S/C8H18O2S/c1-4-7(11)8(9-5-2)10-6-3/h7-8,11H,4-6H2,1-3H3. The molecule has 0 amide bonds. The fraction of sp³-hybridized carbons (Fsp3) is 1.00. The summed E-state index contributed by atoms with van der Waals surface area (Å²) < 4.78 is 10.7. The van der Waals surface area contributed by atoms with E-state index in [4.69, 9.17) is 9.47 Å². The fourth-order valence-corrected chi connectivity index (χ4v) is 0.963. The van der Waals surface area contributed by atoms with Gasteiger partial charge in [0.1, 0.15) is 0 Å². The van der Waals surface area contributed by atoms with Crippen LogP contribution in [0, 0.1) is 0 Å². The van der Waals surface area contributed by atoms with Gasteiger partial charge in [0.2, 0.25) is 0 Å². The molecule has 3 heteroatoms. The van der Waals surface area contributed by atoms with Gasteiger partial charge in [0.05, 0.1) is 5.25 Å². The van der Waals surface area contributed by atoms with E-state index in [2.05, 4.69) is 19.6 Å². The van der Waals surface area contributed by atoms with Gasteiger partial charge < -0.3 is 9.47 Å². The van der Waals surface area contributed by atoms with Crippen LogP contribution in [0.3, 0.4) is 0 Å². The molecule has 0 N–H and O–H groups in total. The van der Waals surface area contributed by atoms with E-state index in [0.29, 0.717) is 13.2 Å². The van der Waals surface area contributed by atoms with Gasteiger partial charge in [-0.05, 0) is 20.3 Å². The average Bonchev–Trinajstić information content (AvgIpc) is 2.03. The first-order valence-electron chi connectivity index (χ1n) is 4.17. The van der Waals surface area contributed by atoms with Crippen molar-refractivity contribution in [2.75, 3.05) is 13.2 Å². The Hall–Kier alpha value is 0.270. The summed E-state index contributed by atoms with van der Waals surface area (Å²) in [6, 6.07) is 0. The highest BCUT2D eigenvalue weighted by Crippen LogP contribution is 2.11. The van der Waals surface area contributed by atoms with Crippen molar-refractivity contribution in [1.82, 2.24) is 0 Å². The van der Waals surface area contributed by atoms with Crippen LogP contribution in [0.4, 0.5) is 0 Å². The predicted molar refractivity (Wildman–Crippen MR) is 50.1 cm³/mol. The van der Waals surface area contributed by atoms with Crippen molar-refractivity contribution in [1.29, 1.82) is 0 Å². The highest BCUT2D eigenvalue weighted by Gasteiger charge is 2.15. The molecule has 0 radical (unpaired) electrons. The molecule has 0 aromatic carbocycles. The van der Waals surface area contributed by atoms with E-state index in [1.54, 1.807) is 0 Å². The number of hydrogen-bond acceptors (Lipinski definition) is 3. The maximum absolute atomic E-state index is 5.34. The Labute approximate surface area is 74.7 Å². The van der Waals surface area contributed by atoms with Gasteiger partial charge in [-0.2, -0.15) is 12.6 Å². The van der Waals surface area contributed by atoms with Crippen LogP contribution in [0.1, 0.15) is 27.2 Å². The lowest BCUT2D eigenvalue weighted by Crippen LogP contribution is -2.27. The van der Waals surface area contributed by atoms with Crippen LogP contribution in [-0.2, 0) is 9.47 Å². The Bertz CT molecular complexity index is 82.2. The lowest BCUT2D eigenvalue weighted by molar-refractivity contribution is -0.135. The predicted octanol–water partition coefficient (Wildman–Crippen LogP) is 2.09. The second kappa shape index (κ2) is 6.95. The normalized spacial score (nSPS) is 13.9. The summed E-state index contributed by atoms with van der Waals surface area (Å²) >= 11 is 4.34. The first-order chi connectivity index (χ1) is 5.26. The Balaban J connectivity index is 3.66. The molecule has 0 saturated heterocycles. The van der Waals surface area contributed by atoms with Crippen LogP contribution in [0.25, 0.3) is 0 Å². The fourth-order valence-electron chi connectivity index (χ4n) is 0.791. The molecule has 0 aliphatic rings. The van der Waals surface area contributed by atoms with E-state index in [1.165, 1.54) is 0 Å². The summed E-state index contributed by atoms with van der Waals surface area (Å²) in [6.45, 7) is 7.36. The maximum Gasteiger partial charge on any atom is 0.168 e. The molecule has 1 atom stereocenters. The zero-order valence-electron chi connectivity index (χ0n) is 7.54. The summed E-state index contributed by atoms with van der Waals surface area (Å²) in [6.07, 6.45) is 0.826. The number of ether oxygens (including phenoxy) is 2. The quantitative estimate of drug-likeness (QED) is 0.496. The van der Waals surface area contributed by atoms with E-state index in [0.717, 1.165) is 6.42 Å². The zero-order chi connectivity index (χ0) is 8.69. The van der Waals surface area contributed by atoms with Gasteiger partial charge in [-0.25, -0.2) is 0 Å². The first kappa shape index (κ1) is 11.3. The molecule has 0 aromatic rings.